The number of aromatic nitrogens is 6. The average molecular weight is 880 g/mol. The first kappa shape index (κ1) is 47.1. The quantitative estimate of drug-likeness (QED) is 0.0499. The van der Waals surface area contributed by atoms with Crippen LogP contribution in [0.5, 0.6) is 0 Å². The minimum absolute atomic E-state index is 0.0305. The van der Waals surface area contributed by atoms with Gasteiger partial charge in [0.1, 0.15) is 11.4 Å². The van der Waals surface area contributed by atoms with Crippen LogP contribution in [0, 0.1) is 39.5 Å². The Bertz CT molecular complexity index is 2410. The van der Waals surface area contributed by atoms with Crippen LogP contribution in [0.3, 0.4) is 0 Å². The second-order valence-corrected chi connectivity index (χ2v) is 16.3. The van der Waals surface area contributed by atoms with E-state index in [1.807, 2.05) is 44.2 Å². The SMILES string of the molecule is C=CCC(CCCC)(CCCC)CCCC.C=CCc1cc2c(-c3ccnc(C)c3)nn(C)c2cc1[N+](=O)[O-].Cc1cc(-c2nn(C)c3cc([N+](=O)[O-])c(Br)cc23)ccn1. The summed E-state index contributed by atoms with van der Waals surface area (Å²) >= 11 is 3.26. The number of fused-ring (bicyclic) bond motifs is 2. The molecular formula is C47H59BrN8O4. The third-order valence-corrected chi connectivity index (χ3v) is 11.5. The molecule has 12 nitrogen and oxygen atoms in total. The van der Waals surface area contributed by atoms with Crippen molar-refractivity contribution in [3.63, 3.8) is 0 Å². The Balaban J connectivity index is 0.000000202. The first-order chi connectivity index (χ1) is 28.7. The lowest BCUT2D eigenvalue weighted by Gasteiger charge is -2.33. The van der Waals surface area contributed by atoms with Gasteiger partial charge in [-0.3, -0.25) is 39.6 Å². The van der Waals surface area contributed by atoms with Crippen molar-refractivity contribution in [1.29, 1.82) is 0 Å². The highest BCUT2D eigenvalue weighted by atomic mass is 79.9. The van der Waals surface area contributed by atoms with Gasteiger partial charge in [0.2, 0.25) is 0 Å². The van der Waals surface area contributed by atoms with Crippen LogP contribution < -0.4 is 0 Å². The minimum atomic E-state index is -0.410. The Morgan fingerprint density at radius 2 is 1.15 bits per heavy atom. The zero-order chi connectivity index (χ0) is 44.0. The fourth-order valence-corrected chi connectivity index (χ4v) is 8.18. The van der Waals surface area contributed by atoms with Crippen molar-refractivity contribution in [2.45, 2.75) is 105 Å². The Morgan fingerprint density at radius 3 is 1.55 bits per heavy atom. The summed E-state index contributed by atoms with van der Waals surface area (Å²) in [7, 11) is 3.56. The van der Waals surface area contributed by atoms with Gasteiger partial charge in [0.15, 0.2) is 0 Å². The molecule has 0 saturated carbocycles. The number of unbranched alkanes of at least 4 members (excludes halogenated alkanes) is 3. The van der Waals surface area contributed by atoms with Crippen molar-refractivity contribution < 1.29 is 9.85 Å². The maximum Gasteiger partial charge on any atom is 0.285 e. The van der Waals surface area contributed by atoms with Crippen molar-refractivity contribution in [2.75, 3.05) is 0 Å². The molecule has 0 spiro atoms. The number of hydrogen-bond acceptors (Lipinski definition) is 8. The molecule has 4 aromatic heterocycles. The molecular weight excluding hydrogens is 820 g/mol. The number of aryl methyl sites for hydroxylation is 4. The highest BCUT2D eigenvalue weighted by Gasteiger charge is 2.27. The topological polar surface area (TPSA) is 148 Å². The van der Waals surface area contributed by atoms with E-state index < -0.39 is 4.92 Å². The fraction of sp³-hybridized carbons (Fsp3) is 0.404. The summed E-state index contributed by atoms with van der Waals surface area (Å²) in [4.78, 5) is 29.9. The number of nitrogens with zero attached hydrogens (tertiary/aromatic N) is 8. The van der Waals surface area contributed by atoms with Gasteiger partial charge in [-0.2, -0.15) is 10.2 Å². The molecule has 0 saturated heterocycles. The first-order valence-corrected chi connectivity index (χ1v) is 21.5. The molecule has 0 aliphatic rings. The standard InChI is InChI=1S/C17H16N4O2.C16H32.C14H11BrN4O2/c1-4-5-12-9-14-16(10-15(12)21(22)23)20(3)19-17(14)13-6-7-18-11(2)8-13;1-5-9-13-16(12-8-4,14-10-6-2)15-11-7-3;1-8-5-9(3-4-16-8)14-10-6-11(15)13(19(20)21)7-12(10)18(2)17-14/h4,6-10H,1,5H2,2-3H3;8H,4-7,9-15H2,1-3H3;3-7H,1-2H3. The summed E-state index contributed by atoms with van der Waals surface area (Å²) < 4.78 is 3.77. The lowest BCUT2D eigenvalue weighted by Crippen LogP contribution is -2.20. The summed E-state index contributed by atoms with van der Waals surface area (Å²) in [5.74, 6) is 0. The monoisotopic (exact) mass is 878 g/mol. The number of benzene rings is 2. The van der Waals surface area contributed by atoms with Crippen LogP contribution >= 0.6 is 15.9 Å². The number of hydrogen-bond donors (Lipinski definition) is 0. The molecule has 0 bridgehead atoms. The van der Waals surface area contributed by atoms with Gasteiger partial charge in [-0.05, 0) is 104 Å². The van der Waals surface area contributed by atoms with E-state index in [9.17, 15) is 20.2 Å². The minimum Gasteiger partial charge on any atom is -0.267 e. The highest BCUT2D eigenvalue weighted by Crippen LogP contribution is 2.40. The first-order valence-electron chi connectivity index (χ1n) is 20.7. The van der Waals surface area contributed by atoms with Gasteiger partial charge in [-0.1, -0.05) is 71.4 Å². The van der Waals surface area contributed by atoms with Crippen LogP contribution in [0.4, 0.5) is 11.4 Å². The third-order valence-electron chi connectivity index (χ3n) is 10.8. The zero-order valence-electron chi connectivity index (χ0n) is 36.2. The Kier molecular flexibility index (Phi) is 17.4. The van der Waals surface area contributed by atoms with E-state index in [4.69, 9.17) is 0 Å². The third kappa shape index (κ3) is 11.8. The highest BCUT2D eigenvalue weighted by molar-refractivity contribution is 9.10. The van der Waals surface area contributed by atoms with E-state index in [1.54, 1.807) is 54.1 Å². The van der Waals surface area contributed by atoms with Gasteiger partial charge in [-0.15, -0.1) is 13.2 Å². The number of nitro benzene ring substituents is 2. The average Bonchev–Trinajstić information content (AvgIpc) is 3.72. The van der Waals surface area contributed by atoms with Crippen LogP contribution in [0.25, 0.3) is 44.3 Å². The molecule has 6 rings (SSSR count). The summed E-state index contributed by atoms with van der Waals surface area (Å²) in [6, 6.07) is 14.4. The van der Waals surface area contributed by atoms with Crippen molar-refractivity contribution in [3.8, 4) is 22.5 Å². The molecule has 0 aliphatic carbocycles. The van der Waals surface area contributed by atoms with Gasteiger partial charge in [0, 0.05) is 77.5 Å². The van der Waals surface area contributed by atoms with Crippen molar-refractivity contribution in [1.82, 2.24) is 29.5 Å². The smallest absolute Gasteiger partial charge is 0.267 e. The lowest BCUT2D eigenvalue weighted by atomic mass is 9.72. The van der Waals surface area contributed by atoms with Gasteiger partial charge in [-0.25, -0.2) is 0 Å². The van der Waals surface area contributed by atoms with Gasteiger partial charge < -0.3 is 0 Å². The van der Waals surface area contributed by atoms with Crippen molar-refractivity contribution >= 4 is 49.1 Å². The Hall–Kier alpha value is -5.56. The molecule has 0 radical (unpaired) electrons. The maximum atomic E-state index is 11.3. The molecule has 0 aliphatic heterocycles. The van der Waals surface area contributed by atoms with Crippen LogP contribution in [-0.2, 0) is 20.5 Å². The molecule has 318 valence electrons. The largest absolute Gasteiger partial charge is 0.285 e. The van der Waals surface area contributed by atoms with Gasteiger partial charge in [0.25, 0.3) is 11.4 Å². The number of halogens is 1. The number of rotatable bonds is 17. The lowest BCUT2D eigenvalue weighted by molar-refractivity contribution is -0.385. The molecule has 2 aromatic carbocycles. The van der Waals surface area contributed by atoms with Crippen LogP contribution in [-0.4, -0.2) is 39.4 Å². The van der Waals surface area contributed by atoms with E-state index in [0.717, 1.165) is 55.7 Å². The molecule has 60 heavy (non-hydrogen) atoms. The van der Waals surface area contributed by atoms with E-state index in [-0.39, 0.29) is 16.3 Å². The van der Waals surface area contributed by atoms with E-state index in [2.05, 4.69) is 76.1 Å². The molecule has 0 N–H and O–H groups in total. The Morgan fingerprint density at radius 1 is 0.700 bits per heavy atom. The molecule has 4 heterocycles. The predicted molar refractivity (Wildman–Crippen MR) is 248 cm³/mol. The molecule has 0 fully saturated rings. The normalized spacial score (nSPS) is 11.1. The second-order valence-electron chi connectivity index (χ2n) is 15.4. The molecule has 13 heteroatoms. The molecule has 0 unspecified atom stereocenters. The molecule has 0 atom stereocenters. The predicted octanol–water partition coefficient (Wildman–Crippen LogP) is 13.3. The van der Waals surface area contributed by atoms with Crippen molar-refractivity contribution in [3.05, 3.63) is 128 Å². The van der Waals surface area contributed by atoms with Crippen LogP contribution in [0.1, 0.15) is 102 Å². The fourth-order valence-electron chi connectivity index (χ4n) is 7.69. The second kappa shape index (κ2) is 22.2. The van der Waals surface area contributed by atoms with E-state index >= 15 is 0 Å². The molecule has 0 amide bonds. The summed E-state index contributed by atoms with van der Waals surface area (Å²) in [5.41, 5.74) is 8.06. The number of nitro groups is 2. The summed E-state index contributed by atoms with van der Waals surface area (Å²) in [5, 5.41) is 33.1. The van der Waals surface area contributed by atoms with Crippen LogP contribution in [0.15, 0.2) is 90.7 Å². The number of allylic oxidation sites excluding steroid dienone is 2. The number of pyridine rings is 2. The van der Waals surface area contributed by atoms with E-state index in [0.29, 0.717) is 21.9 Å². The Labute approximate surface area is 362 Å². The van der Waals surface area contributed by atoms with Crippen LogP contribution in [0.2, 0.25) is 0 Å². The van der Waals surface area contributed by atoms with Gasteiger partial charge in [0.05, 0.1) is 25.4 Å². The van der Waals surface area contributed by atoms with Crippen molar-refractivity contribution in [2.24, 2.45) is 19.5 Å². The summed E-state index contributed by atoms with van der Waals surface area (Å²) in [6.45, 7) is 18.4. The zero-order valence-corrected chi connectivity index (χ0v) is 37.8. The maximum absolute atomic E-state index is 11.3. The summed E-state index contributed by atoms with van der Waals surface area (Å²) in [6.07, 6.45) is 21.4. The van der Waals surface area contributed by atoms with E-state index in [1.165, 1.54) is 70.3 Å². The molecule has 6 aromatic rings. The van der Waals surface area contributed by atoms with Gasteiger partial charge >= 0.3 is 0 Å².